The van der Waals surface area contributed by atoms with E-state index in [4.69, 9.17) is 4.74 Å². The number of hydrogen-bond acceptors (Lipinski definition) is 5. The molecule has 1 N–H and O–H groups in total. The molecule has 2 aromatic rings. The van der Waals surface area contributed by atoms with Crippen LogP contribution < -0.4 is 9.62 Å². The summed E-state index contributed by atoms with van der Waals surface area (Å²) >= 11 is 1.65. The van der Waals surface area contributed by atoms with E-state index >= 15 is 0 Å². The average Bonchev–Trinajstić information content (AvgIpc) is 2.77. The molecular weight excluding hydrogens is 394 g/mol. The number of anilines is 1. The quantitative estimate of drug-likeness (QED) is 0.715. The van der Waals surface area contributed by atoms with Gasteiger partial charge in [0.15, 0.2) is 0 Å². The Labute approximate surface area is 183 Å². The second kappa shape index (κ2) is 9.52. The maximum absolute atomic E-state index is 12.7. The maximum atomic E-state index is 12.7. The highest BCUT2D eigenvalue weighted by Gasteiger charge is 2.45. The highest BCUT2D eigenvalue weighted by Crippen LogP contribution is 2.35. The zero-order chi connectivity index (χ0) is 21.0. The van der Waals surface area contributed by atoms with Crippen LogP contribution in [0.5, 0.6) is 0 Å². The summed E-state index contributed by atoms with van der Waals surface area (Å²) in [5.74, 6) is 0.0635. The number of rotatable bonds is 6. The minimum atomic E-state index is -0.391. The van der Waals surface area contributed by atoms with E-state index in [2.05, 4.69) is 33.9 Å². The summed E-state index contributed by atoms with van der Waals surface area (Å²) in [5.41, 5.74) is 2.11. The van der Waals surface area contributed by atoms with Crippen molar-refractivity contribution >= 4 is 23.5 Å². The summed E-state index contributed by atoms with van der Waals surface area (Å²) in [7, 11) is 1.95. The Morgan fingerprint density at radius 2 is 1.90 bits per heavy atom. The van der Waals surface area contributed by atoms with Crippen LogP contribution >= 0.6 is 11.9 Å². The highest BCUT2D eigenvalue weighted by molar-refractivity contribution is 7.97. The molecule has 1 spiro atoms. The third kappa shape index (κ3) is 4.89. The smallest absolute Gasteiger partial charge is 0.255 e. The van der Waals surface area contributed by atoms with Gasteiger partial charge in [0, 0.05) is 30.2 Å². The van der Waals surface area contributed by atoms with E-state index in [9.17, 15) is 4.79 Å². The van der Waals surface area contributed by atoms with Crippen LogP contribution in [0.3, 0.4) is 0 Å². The fourth-order valence-electron chi connectivity index (χ4n) is 4.50. The lowest BCUT2D eigenvalue weighted by Crippen LogP contribution is -2.61. The summed E-state index contributed by atoms with van der Waals surface area (Å²) in [6, 6.07) is 18.7. The number of morpholine rings is 1. The first-order valence-electron chi connectivity index (χ1n) is 10.8. The van der Waals surface area contributed by atoms with Crippen molar-refractivity contribution in [3.05, 3.63) is 60.2 Å². The Kier molecular flexibility index (Phi) is 6.78. The van der Waals surface area contributed by atoms with Crippen molar-refractivity contribution in [3.63, 3.8) is 0 Å². The lowest BCUT2D eigenvalue weighted by molar-refractivity contribution is -0.161. The standard InChI is InChI=1S/C24H31N3O2S/c1-19-23(28)27(21-8-4-3-5-9-21)18-24(29-19)12-15-26(16-13-24)14-11-20-7-6-10-22(17-20)30-25-2/h3-10,17,19,25H,11-16,18H2,1-2H3. The van der Waals surface area contributed by atoms with Crippen molar-refractivity contribution in [1.29, 1.82) is 0 Å². The van der Waals surface area contributed by atoms with Gasteiger partial charge in [-0.25, -0.2) is 0 Å². The number of nitrogens with one attached hydrogen (secondary N) is 1. The number of hydrogen-bond donors (Lipinski definition) is 1. The molecule has 30 heavy (non-hydrogen) atoms. The number of para-hydroxylation sites is 1. The molecule has 160 valence electrons. The molecule has 1 atom stereocenters. The first-order valence-corrected chi connectivity index (χ1v) is 11.6. The number of carbonyl (C=O) groups excluding carboxylic acids is 1. The first kappa shape index (κ1) is 21.4. The Balaban J connectivity index is 1.35. The van der Waals surface area contributed by atoms with Crippen molar-refractivity contribution in [2.75, 3.05) is 38.1 Å². The van der Waals surface area contributed by atoms with Gasteiger partial charge in [0.1, 0.15) is 6.10 Å². The number of ether oxygens (including phenoxy) is 1. The summed E-state index contributed by atoms with van der Waals surface area (Å²) in [6.07, 6.45) is 2.59. The number of carbonyl (C=O) groups is 1. The Morgan fingerprint density at radius 3 is 2.63 bits per heavy atom. The third-order valence-electron chi connectivity index (χ3n) is 6.16. The molecule has 1 amide bonds. The number of amides is 1. The van der Waals surface area contributed by atoms with Crippen molar-refractivity contribution in [2.24, 2.45) is 0 Å². The third-order valence-corrected chi connectivity index (χ3v) is 6.85. The molecule has 2 aliphatic heterocycles. The number of benzene rings is 2. The normalized spacial score (nSPS) is 21.9. The number of likely N-dealkylation sites (tertiary alicyclic amines) is 1. The molecule has 1 unspecified atom stereocenters. The summed E-state index contributed by atoms with van der Waals surface area (Å²) < 4.78 is 9.44. The van der Waals surface area contributed by atoms with E-state index in [0.717, 1.165) is 44.6 Å². The van der Waals surface area contributed by atoms with Crippen molar-refractivity contribution < 1.29 is 9.53 Å². The van der Waals surface area contributed by atoms with Crippen molar-refractivity contribution in [3.8, 4) is 0 Å². The van der Waals surface area contributed by atoms with Crippen molar-refractivity contribution in [2.45, 2.75) is 42.8 Å². The summed E-state index contributed by atoms with van der Waals surface area (Å²) in [5, 5.41) is 0. The van der Waals surface area contributed by atoms with Gasteiger partial charge < -0.3 is 14.5 Å². The molecule has 2 aromatic carbocycles. The molecule has 4 rings (SSSR count). The predicted molar refractivity (Wildman–Crippen MR) is 123 cm³/mol. The van der Waals surface area contributed by atoms with Crippen LogP contribution in [0, 0.1) is 0 Å². The highest BCUT2D eigenvalue weighted by atomic mass is 32.2. The SMILES string of the molecule is CNSc1cccc(CCN2CCC3(CC2)CN(c2ccccc2)C(=O)C(C)O3)c1. The zero-order valence-electron chi connectivity index (χ0n) is 17.8. The van der Waals surface area contributed by atoms with Gasteiger partial charge in [-0.05, 0) is 75.0 Å². The van der Waals surface area contributed by atoms with Gasteiger partial charge in [0.25, 0.3) is 5.91 Å². The summed E-state index contributed by atoms with van der Waals surface area (Å²) in [6.45, 7) is 5.61. The molecule has 2 fully saturated rings. The van der Waals surface area contributed by atoms with Gasteiger partial charge in [0.2, 0.25) is 0 Å². The second-order valence-electron chi connectivity index (χ2n) is 8.25. The Hall–Kier alpha value is -1.86. The molecule has 0 radical (unpaired) electrons. The van der Waals surface area contributed by atoms with Crippen LogP contribution in [-0.2, 0) is 16.0 Å². The molecule has 0 bridgehead atoms. The van der Waals surface area contributed by atoms with Crippen LogP contribution in [-0.4, -0.2) is 55.7 Å². The maximum Gasteiger partial charge on any atom is 0.255 e. The van der Waals surface area contributed by atoms with Crippen LogP contribution in [0.25, 0.3) is 0 Å². The molecule has 0 aliphatic carbocycles. The summed E-state index contributed by atoms with van der Waals surface area (Å²) in [4.78, 5) is 18.4. The average molecular weight is 426 g/mol. The molecule has 6 heteroatoms. The van der Waals surface area contributed by atoms with Gasteiger partial charge in [-0.2, -0.15) is 0 Å². The molecule has 2 aliphatic rings. The molecule has 2 heterocycles. The van der Waals surface area contributed by atoms with E-state index in [-0.39, 0.29) is 11.5 Å². The van der Waals surface area contributed by atoms with E-state index in [1.807, 2.05) is 49.2 Å². The minimum absolute atomic E-state index is 0.0635. The van der Waals surface area contributed by atoms with Gasteiger partial charge >= 0.3 is 0 Å². The van der Waals surface area contributed by atoms with E-state index in [1.165, 1.54) is 10.5 Å². The molecule has 2 saturated heterocycles. The Morgan fingerprint density at radius 1 is 1.13 bits per heavy atom. The van der Waals surface area contributed by atoms with Crippen LogP contribution in [0.2, 0.25) is 0 Å². The topological polar surface area (TPSA) is 44.8 Å². The number of piperidine rings is 1. The molecule has 5 nitrogen and oxygen atoms in total. The van der Waals surface area contributed by atoms with Gasteiger partial charge in [-0.15, -0.1) is 0 Å². The fourth-order valence-corrected chi connectivity index (χ4v) is 5.10. The predicted octanol–water partition coefficient (Wildman–Crippen LogP) is 3.74. The molecule has 0 aromatic heterocycles. The molecule has 0 saturated carbocycles. The van der Waals surface area contributed by atoms with E-state index in [0.29, 0.717) is 6.54 Å². The van der Waals surface area contributed by atoms with Gasteiger partial charge in [-0.1, -0.05) is 30.3 Å². The first-order chi connectivity index (χ1) is 14.6. The minimum Gasteiger partial charge on any atom is -0.360 e. The van der Waals surface area contributed by atoms with E-state index < -0.39 is 6.10 Å². The van der Waals surface area contributed by atoms with Crippen LogP contribution in [0.15, 0.2) is 59.5 Å². The zero-order valence-corrected chi connectivity index (χ0v) is 18.7. The van der Waals surface area contributed by atoms with Gasteiger partial charge in [0.05, 0.1) is 12.1 Å². The van der Waals surface area contributed by atoms with Crippen LogP contribution in [0.1, 0.15) is 25.3 Å². The van der Waals surface area contributed by atoms with E-state index in [1.54, 1.807) is 11.9 Å². The number of nitrogens with zero attached hydrogens (tertiary/aromatic N) is 2. The van der Waals surface area contributed by atoms with Crippen LogP contribution in [0.4, 0.5) is 5.69 Å². The fraction of sp³-hybridized carbons (Fsp3) is 0.458. The van der Waals surface area contributed by atoms with Crippen molar-refractivity contribution in [1.82, 2.24) is 9.62 Å². The lowest BCUT2D eigenvalue weighted by Gasteiger charge is -2.49. The largest absolute Gasteiger partial charge is 0.360 e. The Bertz CT molecular complexity index is 853. The molecular formula is C24H31N3O2S. The monoisotopic (exact) mass is 425 g/mol. The van der Waals surface area contributed by atoms with Gasteiger partial charge in [-0.3, -0.25) is 9.52 Å². The lowest BCUT2D eigenvalue weighted by atomic mass is 9.88. The second-order valence-corrected chi connectivity index (χ2v) is 9.33.